The second-order valence-electron chi connectivity index (χ2n) is 6.16. The van der Waals surface area contributed by atoms with Gasteiger partial charge in [0.15, 0.2) is 5.79 Å². The minimum absolute atomic E-state index is 0.00220. The summed E-state index contributed by atoms with van der Waals surface area (Å²) in [6.07, 6.45) is 2.32. The Bertz CT molecular complexity index is 265. The van der Waals surface area contributed by atoms with E-state index in [0.29, 0.717) is 12.6 Å². The fourth-order valence-corrected chi connectivity index (χ4v) is 2.57. The molecule has 0 spiro atoms. The molecule has 0 aliphatic carbocycles. The average molecular weight is 243 g/mol. The van der Waals surface area contributed by atoms with Gasteiger partial charge in [-0.15, -0.1) is 0 Å². The maximum atomic E-state index is 5.78. The molecule has 0 radical (unpaired) electrons. The molecular formula is C13H25NO3. The van der Waals surface area contributed by atoms with Crippen LogP contribution in [0.15, 0.2) is 0 Å². The van der Waals surface area contributed by atoms with Crippen LogP contribution >= 0.6 is 0 Å². The topological polar surface area (TPSA) is 39.7 Å². The van der Waals surface area contributed by atoms with Crippen LogP contribution in [0.4, 0.5) is 0 Å². The van der Waals surface area contributed by atoms with E-state index in [1.165, 1.54) is 0 Å². The lowest BCUT2D eigenvalue weighted by molar-refractivity contribution is -0.138. The van der Waals surface area contributed by atoms with Crippen LogP contribution in [0, 0.1) is 0 Å². The first-order valence-electron chi connectivity index (χ1n) is 6.55. The van der Waals surface area contributed by atoms with Crippen LogP contribution in [0.1, 0.15) is 40.5 Å². The molecule has 0 aromatic rings. The van der Waals surface area contributed by atoms with Crippen molar-refractivity contribution in [1.29, 1.82) is 0 Å². The summed E-state index contributed by atoms with van der Waals surface area (Å²) in [5, 5.41) is 3.57. The van der Waals surface area contributed by atoms with Gasteiger partial charge in [0, 0.05) is 19.2 Å². The minimum atomic E-state index is -0.415. The van der Waals surface area contributed by atoms with Crippen LogP contribution < -0.4 is 5.32 Å². The molecule has 4 nitrogen and oxygen atoms in total. The predicted octanol–water partition coefficient (Wildman–Crippen LogP) is 1.69. The lowest BCUT2D eigenvalue weighted by Gasteiger charge is -2.36. The van der Waals surface area contributed by atoms with E-state index in [9.17, 15) is 0 Å². The predicted molar refractivity (Wildman–Crippen MR) is 66.0 cm³/mol. The molecule has 2 aliphatic rings. The first-order valence-corrected chi connectivity index (χ1v) is 6.55. The van der Waals surface area contributed by atoms with Gasteiger partial charge in [0.05, 0.1) is 18.3 Å². The molecule has 100 valence electrons. The van der Waals surface area contributed by atoms with Crippen molar-refractivity contribution in [2.75, 3.05) is 19.8 Å². The van der Waals surface area contributed by atoms with Crippen molar-refractivity contribution in [2.45, 2.75) is 64.1 Å². The number of ether oxygens (including phenoxy) is 3. The van der Waals surface area contributed by atoms with E-state index in [0.717, 1.165) is 26.0 Å². The van der Waals surface area contributed by atoms with E-state index < -0.39 is 5.79 Å². The van der Waals surface area contributed by atoms with Gasteiger partial charge < -0.3 is 19.5 Å². The van der Waals surface area contributed by atoms with Crippen LogP contribution in [0.25, 0.3) is 0 Å². The van der Waals surface area contributed by atoms with Crippen molar-refractivity contribution in [2.24, 2.45) is 0 Å². The summed E-state index contributed by atoms with van der Waals surface area (Å²) >= 11 is 0. The van der Waals surface area contributed by atoms with Crippen LogP contribution in [0.3, 0.4) is 0 Å². The molecule has 17 heavy (non-hydrogen) atoms. The minimum Gasteiger partial charge on any atom is -0.375 e. The second kappa shape index (κ2) is 4.84. The molecular weight excluding hydrogens is 218 g/mol. The molecule has 0 bridgehead atoms. The summed E-state index contributed by atoms with van der Waals surface area (Å²) in [5.74, 6) is -0.415. The quantitative estimate of drug-likeness (QED) is 0.819. The summed E-state index contributed by atoms with van der Waals surface area (Å²) in [5.41, 5.74) is 0.00220. The fraction of sp³-hybridized carbons (Fsp3) is 1.00. The highest BCUT2D eigenvalue weighted by atomic mass is 16.7. The molecule has 2 heterocycles. The first kappa shape index (κ1) is 13.3. The van der Waals surface area contributed by atoms with Crippen molar-refractivity contribution in [3.8, 4) is 0 Å². The van der Waals surface area contributed by atoms with Gasteiger partial charge in [0.25, 0.3) is 0 Å². The summed E-state index contributed by atoms with van der Waals surface area (Å²) in [4.78, 5) is 0. The fourth-order valence-electron chi connectivity index (χ4n) is 2.57. The van der Waals surface area contributed by atoms with Gasteiger partial charge in [-0.3, -0.25) is 0 Å². The van der Waals surface area contributed by atoms with Crippen LogP contribution in [-0.4, -0.2) is 43.3 Å². The highest BCUT2D eigenvalue weighted by Gasteiger charge is 2.34. The molecule has 2 unspecified atom stereocenters. The zero-order chi connectivity index (χ0) is 12.5. The maximum absolute atomic E-state index is 5.78. The second-order valence-corrected chi connectivity index (χ2v) is 6.16. The van der Waals surface area contributed by atoms with E-state index in [1.807, 2.05) is 13.8 Å². The Morgan fingerprint density at radius 3 is 2.53 bits per heavy atom. The standard InChI is InChI=1S/C13H25NO3/c1-12(2)7-10(5-6-15-12)14-8-11-9-16-13(3,4)17-11/h10-11,14H,5-9H2,1-4H3. The molecule has 0 saturated carbocycles. The van der Waals surface area contributed by atoms with Gasteiger partial charge >= 0.3 is 0 Å². The van der Waals surface area contributed by atoms with E-state index in [4.69, 9.17) is 14.2 Å². The molecule has 2 saturated heterocycles. The van der Waals surface area contributed by atoms with Crippen molar-refractivity contribution in [3.63, 3.8) is 0 Å². The van der Waals surface area contributed by atoms with Gasteiger partial charge in [0.1, 0.15) is 0 Å². The lowest BCUT2D eigenvalue weighted by Crippen LogP contribution is -2.46. The van der Waals surface area contributed by atoms with Gasteiger partial charge in [-0.05, 0) is 40.5 Å². The van der Waals surface area contributed by atoms with Crippen molar-refractivity contribution in [1.82, 2.24) is 5.32 Å². The SMILES string of the molecule is CC1(C)CC(NCC2COC(C)(C)O2)CCO1. The third-order valence-corrected chi connectivity index (χ3v) is 3.40. The number of rotatable bonds is 3. The van der Waals surface area contributed by atoms with E-state index in [2.05, 4.69) is 19.2 Å². The monoisotopic (exact) mass is 243 g/mol. The summed E-state index contributed by atoms with van der Waals surface area (Å²) in [6.45, 7) is 10.6. The lowest BCUT2D eigenvalue weighted by atomic mass is 9.94. The Hall–Kier alpha value is -0.160. The smallest absolute Gasteiger partial charge is 0.163 e. The van der Waals surface area contributed by atoms with Crippen LogP contribution in [0.5, 0.6) is 0 Å². The van der Waals surface area contributed by atoms with Gasteiger partial charge in [0.2, 0.25) is 0 Å². The van der Waals surface area contributed by atoms with Crippen molar-refractivity contribution < 1.29 is 14.2 Å². The molecule has 2 aliphatic heterocycles. The highest BCUT2D eigenvalue weighted by Crippen LogP contribution is 2.25. The van der Waals surface area contributed by atoms with E-state index in [-0.39, 0.29) is 11.7 Å². The summed E-state index contributed by atoms with van der Waals surface area (Å²) < 4.78 is 17.0. The molecule has 2 atom stereocenters. The summed E-state index contributed by atoms with van der Waals surface area (Å²) in [6, 6.07) is 0.533. The molecule has 2 fully saturated rings. The Labute approximate surface area is 104 Å². The van der Waals surface area contributed by atoms with Gasteiger partial charge in [-0.2, -0.15) is 0 Å². The van der Waals surface area contributed by atoms with E-state index in [1.54, 1.807) is 0 Å². The average Bonchev–Trinajstić information content (AvgIpc) is 2.54. The molecule has 1 N–H and O–H groups in total. The Balaban J connectivity index is 1.72. The molecule has 2 rings (SSSR count). The third-order valence-electron chi connectivity index (χ3n) is 3.40. The zero-order valence-electron chi connectivity index (χ0n) is 11.4. The third kappa shape index (κ3) is 3.91. The van der Waals surface area contributed by atoms with E-state index >= 15 is 0 Å². The highest BCUT2D eigenvalue weighted by molar-refractivity contribution is 4.84. The van der Waals surface area contributed by atoms with Crippen LogP contribution in [-0.2, 0) is 14.2 Å². The summed E-state index contributed by atoms with van der Waals surface area (Å²) in [7, 11) is 0. The zero-order valence-corrected chi connectivity index (χ0v) is 11.4. The van der Waals surface area contributed by atoms with Gasteiger partial charge in [-0.25, -0.2) is 0 Å². The van der Waals surface area contributed by atoms with Gasteiger partial charge in [-0.1, -0.05) is 0 Å². The molecule has 0 aromatic heterocycles. The maximum Gasteiger partial charge on any atom is 0.163 e. The molecule has 0 aromatic carbocycles. The Morgan fingerprint density at radius 2 is 1.94 bits per heavy atom. The Kier molecular flexibility index (Phi) is 3.78. The van der Waals surface area contributed by atoms with Crippen LogP contribution in [0.2, 0.25) is 0 Å². The molecule has 0 amide bonds. The number of hydrogen-bond donors (Lipinski definition) is 1. The van der Waals surface area contributed by atoms with Crippen molar-refractivity contribution >= 4 is 0 Å². The largest absolute Gasteiger partial charge is 0.375 e. The normalized spacial score (nSPS) is 36.0. The first-order chi connectivity index (χ1) is 7.86. The number of nitrogens with one attached hydrogen (secondary N) is 1. The molecule has 4 heteroatoms. The number of hydrogen-bond acceptors (Lipinski definition) is 4. The van der Waals surface area contributed by atoms with Crippen molar-refractivity contribution in [3.05, 3.63) is 0 Å². The Morgan fingerprint density at radius 1 is 1.18 bits per heavy atom.